The summed E-state index contributed by atoms with van der Waals surface area (Å²) in [6.07, 6.45) is 6.24. The lowest BCUT2D eigenvalue weighted by molar-refractivity contribution is -0.124. The van der Waals surface area contributed by atoms with Crippen LogP contribution in [0.1, 0.15) is 19.4 Å². The standard InChI is InChI=1S/C25H25N5O3/c1-25(2)13-16-6-5-15(11-18(16)29-24(25)31)19-14-30-10-9-26-23(30)22(28-19)27-17-7-8-20(32-3)21(12-17)33-4/h5-12,14H,13H2,1-4H3,(H,27,28)(H,29,31). The van der Waals surface area contributed by atoms with Crippen LogP contribution in [-0.4, -0.2) is 34.5 Å². The van der Waals surface area contributed by atoms with E-state index in [0.717, 1.165) is 28.2 Å². The van der Waals surface area contributed by atoms with E-state index in [2.05, 4.69) is 21.7 Å². The van der Waals surface area contributed by atoms with Gasteiger partial charge in [-0.05, 0) is 30.2 Å². The van der Waals surface area contributed by atoms with Crippen molar-refractivity contribution < 1.29 is 14.3 Å². The first kappa shape index (κ1) is 20.8. The Morgan fingerprint density at radius 2 is 1.91 bits per heavy atom. The van der Waals surface area contributed by atoms with E-state index in [1.54, 1.807) is 20.4 Å². The Bertz CT molecular complexity index is 1380. The predicted octanol–water partition coefficient (Wildman–Crippen LogP) is 4.68. The van der Waals surface area contributed by atoms with Gasteiger partial charge in [0.15, 0.2) is 23.0 Å². The maximum absolute atomic E-state index is 12.5. The quantitative estimate of drug-likeness (QED) is 0.466. The third-order valence-electron chi connectivity index (χ3n) is 5.92. The van der Waals surface area contributed by atoms with Crippen LogP contribution in [0.25, 0.3) is 16.9 Å². The van der Waals surface area contributed by atoms with Crippen molar-refractivity contribution in [3.8, 4) is 22.8 Å². The fourth-order valence-electron chi connectivity index (χ4n) is 4.06. The van der Waals surface area contributed by atoms with Gasteiger partial charge in [-0.25, -0.2) is 9.97 Å². The van der Waals surface area contributed by atoms with Crippen LogP contribution in [0.3, 0.4) is 0 Å². The van der Waals surface area contributed by atoms with Crippen molar-refractivity contribution in [1.29, 1.82) is 0 Å². The van der Waals surface area contributed by atoms with Crippen LogP contribution < -0.4 is 20.1 Å². The van der Waals surface area contributed by atoms with Crippen LogP contribution in [-0.2, 0) is 11.2 Å². The number of nitrogens with zero attached hydrogens (tertiary/aromatic N) is 3. The number of rotatable bonds is 5. The Morgan fingerprint density at radius 1 is 1.09 bits per heavy atom. The van der Waals surface area contributed by atoms with Gasteiger partial charge in [-0.2, -0.15) is 0 Å². The highest BCUT2D eigenvalue weighted by atomic mass is 16.5. The summed E-state index contributed by atoms with van der Waals surface area (Å²) >= 11 is 0. The fraction of sp³-hybridized carbons (Fsp3) is 0.240. The lowest BCUT2D eigenvalue weighted by atomic mass is 9.81. The number of methoxy groups -OCH3 is 2. The number of anilines is 3. The molecule has 0 fully saturated rings. The molecule has 0 atom stereocenters. The molecule has 0 aliphatic carbocycles. The van der Waals surface area contributed by atoms with Crippen LogP contribution in [0.15, 0.2) is 55.0 Å². The first-order valence-corrected chi connectivity index (χ1v) is 10.7. The average molecular weight is 444 g/mol. The number of hydrogen-bond acceptors (Lipinski definition) is 6. The van der Waals surface area contributed by atoms with Crippen molar-refractivity contribution in [3.05, 3.63) is 60.6 Å². The first-order chi connectivity index (χ1) is 15.9. The second-order valence-corrected chi connectivity index (χ2v) is 8.71. The molecule has 8 heteroatoms. The van der Waals surface area contributed by atoms with Crippen molar-refractivity contribution in [2.75, 3.05) is 24.9 Å². The molecule has 0 unspecified atom stereocenters. The first-order valence-electron chi connectivity index (χ1n) is 10.7. The van der Waals surface area contributed by atoms with E-state index in [-0.39, 0.29) is 5.91 Å². The molecule has 0 radical (unpaired) electrons. The summed E-state index contributed by atoms with van der Waals surface area (Å²) in [5, 5.41) is 6.39. The minimum Gasteiger partial charge on any atom is -0.493 e. The van der Waals surface area contributed by atoms with Crippen molar-refractivity contribution in [2.24, 2.45) is 5.41 Å². The minimum atomic E-state index is -0.418. The molecule has 3 heterocycles. The average Bonchev–Trinajstić information content (AvgIpc) is 3.28. The molecule has 1 amide bonds. The molecule has 1 aliphatic heterocycles. The number of aromatic nitrogens is 3. The van der Waals surface area contributed by atoms with Crippen LogP contribution in [0.2, 0.25) is 0 Å². The number of carbonyl (C=O) groups is 1. The zero-order valence-electron chi connectivity index (χ0n) is 19.0. The summed E-state index contributed by atoms with van der Waals surface area (Å²) in [5.74, 6) is 1.90. The predicted molar refractivity (Wildman–Crippen MR) is 127 cm³/mol. The van der Waals surface area contributed by atoms with E-state index in [9.17, 15) is 4.79 Å². The van der Waals surface area contributed by atoms with Crippen LogP contribution in [0, 0.1) is 5.41 Å². The summed E-state index contributed by atoms with van der Waals surface area (Å²) in [6, 6.07) is 11.7. The lowest BCUT2D eigenvalue weighted by Crippen LogP contribution is -2.37. The van der Waals surface area contributed by atoms with Crippen LogP contribution >= 0.6 is 0 Å². The highest BCUT2D eigenvalue weighted by molar-refractivity contribution is 5.98. The molecule has 4 aromatic rings. The fourth-order valence-corrected chi connectivity index (χ4v) is 4.06. The Morgan fingerprint density at radius 3 is 2.70 bits per heavy atom. The molecule has 0 saturated heterocycles. The number of hydrogen-bond donors (Lipinski definition) is 2. The van der Waals surface area contributed by atoms with Crippen molar-refractivity contribution in [1.82, 2.24) is 14.4 Å². The van der Waals surface area contributed by atoms with Gasteiger partial charge in [-0.1, -0.05) is 26.0 Å². The molecule has 8 nitrogen and oxygen atoms in total. The molecule has 2 aromatic carbocycles. The molecular formula is C25H25N5O3. The molecular weight excluding hydrogens is 418 g/mol. The molecule has 168 valence electrons. The van der Waals surface area contributed by atoms with E-state index in [4.69, 9.17) is 14.5 Å². The number of fused-ring (bicyclic) bond motifs is 2. The molecule has 0 saturated carbocycles. The molecule has 0 spiro atoms. The number of imidazole rings is 1. The van der Waals surface area contributed by atoms with Gasteiger partial charge in [0.1, 0.15) is 0 Å². The van der Waals surface area contributed by atoms with E-state index < -0.39 is 5.41 Å². The molecule has 0 bridgehead atoms. The number of nitrogens with one attached hydrogen (secondary N) is 2. The normalized spacial score (nSPS) is 14.5. The maximum Gasteiger partial charge on any atom is 0.230 e. The van der Waals surface area contributed by atoms with Crippen molar-refractivity contribution in [2.45, 2.75) is 20.3 Å². The van der Waals surface area contributed by atoms with Gasteiger partial charge >= 0.3 is 0 Å². The maximum atomic E-state index is 12.5. The molecule has 5 rings (SSSR count). The zero-order valence-corrected chi connectivity index (χ0v) is 19.0. The molecule has 2 N–H and O–H groups in total. The minimum absolute atomic E-state index is 0.0287. The van der Waals surface area contributed by atoms with Crippen molar-refractivity contribution >= 4 is 28.7 Å². The van der Waals surface area contributed by atoms with Gasteiger partial charge in [0.25, 0.3) is 0 Å². The highest BCUT2D eigenvalue weighted by Gasteiger charge is 2.33. The number of ether oxygens (including phenoxy) is 2. The van der Waals surface area contributed by atoms with E-state index in [1.165, 1.54) is 0 Å². The summed E-state index contributed by atoms with van der Waals surface area (Å²) in [4.78, 5) is 21.8. The third kappa shape index (κ3) is 3.73. The Labute approximate surface area is 191 Å². The van der Waals surface area contributed by atoms with E-state index in [0.29, 0.717) is 29.4 Å². The molecule has 2 aromatic heterocycles. The summed E-state index contributed by atoms with van der Waals surface area (Å²) in [5.41, 5.74) is 4.68. The number of benzene rings is 2. The second kappa shape index (κ2) is 7.81. The van der Waals surface area contributed by atoms with Gasteiger partial charge in [0.05, 0.1) is 19.9 Å². The third-order valence-corrected chi connectivity index (χ3v) is 5.92. The summed E-state index contributed by atoms with van der Waals surface area (Å²) < 4.78 is 12.7. The van der Waals surface area contributed by atoms with E-state index >= 15 is 0 Å². The van der Waals surface area contributed by atoms with Gasteiger partial charge in [-0.15, -0.1) is 0 Å². The van der Waals surface area contributed by atoms with Gasteiger partial charge in [-0.3, -0.25) is 4.79 Å². The SMILES string of the molecule is COc1ccc(Nc2nc(-c3ccc4c(c3)NC(=O)C(C)(C)C4)cn3ccnc23)cc1OC. The summed E-state index contributed by atoms with van der Waals surface area (Å²) in [6.45, 7) is 3.92. The Balaban J connectivity index is 1.54. The number of amides is 1. The molecule has 33 heavy (non-hydrogen) atoms. The van der Waals surface area contributed by atoms with Crippen molar-refractivity contribution in [3.63, 3.8) is 0 Å². The van der Waals surface area contributed by atoms with E-state index in [1.807, 2.05) is 61.0 Å². The largest absolute Gasteiger partial charge is 0.493 e. The van der Waals surface area contributed by atoms with Gasteiger partial charge < -0.3 is 24.5 Å². The van der Waals surface area contributed by atoms with Gasteiger partial charge in [0, 0.05) is 47.0 Å². The zero-order chi connectivity index (χ0) is 23.2. The van der Waals surface area contributed by atoms with Gasteiger partial charge in [0.2, 0.25) is 5.91 Å². The summed E-state index contributed by atoms with van der Waals surface area (Å²) in [7, 11) is 3.20. The number of carbonyl (C=O) groups excluding carboxylic acids is 1. The molecule has 1 aliphatic rings. The Kier molecular flexibility index (Phi) is 4.92. The monoisotopic (exact) mass is 443 g/mol. The van der Waals surface area contributed by atoms with Crippen LogP contribution in [0.5, 0.6) is 11.5 Å². The topological polar surface area (TPSA) is 89.8 Å². The lowest BCUT2D eigenvalue weighted by Gasteiger charge is -2.30. The Hall–Kier alpha value is -4.07. The smallest absolute Gasteiger partial charge is 0.230 e. The highest BCUT2D eigenvalue weighted by Crippen LogP contribution is 2.36. The van der Waals surface area contributed by atoms with Crippen LogP contribution in [0.4, 0.5) is 17.2 Å². The second-order valence-electron chi connectivity index (χ2n) is 8.71.